The summed E-state index contributed by atoms with van der Waals surface area (Å²) in [6.07, 6.45) is 6.87. The fourth-order valence-corrected chi connectivity index (χ4v) is 2.73. The standard InChI is InChI=1S/C18H14O2/c1-3-7-16-13(5-1)9-10-18(20-16)15-11-12-19-17-8-4-2-6-14(15)17/h1-8,10-12,15H,9H2. The van der Waals surface area contributed by atoms with E-state index in [9.17, 15) is 0 Å². The zero-order valence-electron chi connectivity index (χ0n) is 11.0. The first-order valence-electron chi connectivity index (χ1n) is 6.80. The lowest BCUT2D eigenvalue weighted by atomic mass is 9.92. The molecule has 2 aliphatic heterocycles. The van der Waals surface area contributed by atoms with Crippen molar-refractivity contribution < 1.29 is 9.47 Å². The third kappa shape index (κ3) is 1.81. The van der Waals surface area contributed by atoms with Crippen LogP contribution in [0.3, 0.4) is 0 Å². The average molecular weight is 262 g/mol. The van der Waals surface area contributed by atoms with Crippen LogP contribution in [0, 0.1) is 0 Å². The van der Waals surface area contributed by atoms with Crippen LogP contribution in [-0.2, 0) is 6.42 Å². The highest BCUT2D eigenvalue weighted by atomic mass is 16.5. The lowest BCUT2D eigenvalue weighted by Crippen LogP contribution is -2.14. The summed E-state index contributed by atoms with van der Waals surface area (Å²) in [6, 6.07) is 16.3. The second kappa shape index (κ2) is 4.57. The van der Waals surface area contributed by atoms with Gasteiger partial charge in [0.25, 0.3) is 0 Å². The van der Waals surface area contributed by atoms with Crippen molar-refractivity contribution in [3.63, 3.8) is 0 Å². The van der Waals surface area contributed by atoms with E-state index in [0.29, 0.717) is 0 Å². The van der Waals surface area contributed by atoms with Gasteiger partial charge in [-0.15, -0.1) is 0 Å². The monoisotopic (exact) mass is 262 g/mol. The lowest BCUT2D eigenvalue weighted by molar-refractivity contribution is 0.371. The fraction of sp³-hybridized carbons (Fsp3) is 0.111. The first kappa shape index (κ1) is 11.4. The summed E-state index contributed by atoms with van der Waals surface area (Å²) in [7, 11) is 0. The van der Waals surface area contributed by atoms with Crippen LogP contribution in [0.2, 0.25) is 0 Å². The maximum absolute atomic E-state index is 6.08. The summed E-state index contributed by atoms with van der Waals surface area (Å²) in [5.74, 6) is 2.98. The molecule has 1 atom stereocenters. The molecule has 0 bridgehead atoms. The lowest BCUT2D eigenvalue weighted by Gasteiger charge is -2.26. The Morgan fingerprint density at radius 3 is 2.65 bits per heavy atom. The molecule has 0 aromatic heterocycles. The fourth-order valence-electron chi connectivity index (χ4n) is 2.73. The molecule has 20 heavy (non-hydrogen) atoms. The highest BCUT2D eigenvalue weighted by Crippen LogP contribution is 2.39. The topological polar surface area (TPSA) is 18.5 Å². The number of rotatable bonds is 1. The van der Waals surface area contributed by atoms with Crippen molar-refractivity contribution in [2.45, 2.75) is 12.3 Å². The zero-order valence-corrected chi connectivity index (χ0v) is 11.0. The van der Waals surface area contributed by atoms with E-state index >= 15 is 0 Å². The van der Waals surface area contributed by atoms with Crippen LogP contribution in [0.15, 0.2) is 72.7 Å². The molecule has 2 nitrogen and oxygen atoms in total. The quantitative estimate of drug-likeness (QED) is 0.767. The van der Waals surface area contributed by atoms with Gasteiger partial charge in [-0.1, -0.05) is 36.4 Å². The summed E-state index contributed by atoms with van der Waals surface area (Å²) < 4.78 is 11.6. The van der Waals surface area contributed by atoms with E-state index in [1.54, 1.807) is 6.26 Å². The van der Waals surface area contributed by atoms with Crippen LogP contribution in [0.4, 0.5) is 0 Å². The molecular weight excluding hydrogens is 248 g/mol. The molecule has 2 heteroatoms. The molecule has 0 saturated carbocycles. The molecule has 0 aliphatic carbocycles. The first-order chi connectivity index (χ1) is 9.92. The van der Waals surface area contributed by atoms with Crippen LogP contribution in [0.25, 0.3) is 0 Å². The average Bonchev–Trinajstić information content (AvgIpc) is 2.54. The molecule has 1 unspecified atom stereocenters. The van der Waals surface area contributed by atoms with E-state index in [0.717, 1.165) is 29.2 Å². The van der Waals surface area contributed by atoms with Gasteiger partial charge < -0.3 is 9.47 Å². The smallest absolute Gasteiger partial charge is 0.130 e. The number of allylic oxidation sites excluding steroid dienone is 2. The van der Waals surface area contributed by atoms with Crippen molar-refractivity contribution in [1.29, 1.82) is 0 Å². The van der Waals surface area contributed by atoms with Crippen LogP contribution in [0.1, 0.15) is 17.0 Å². The zero-order chi connectivity index (χ0) is 13.4. The van der Waals surface area contributed by atoms with Crippen molar-refractivity contribution in [3.8, 4) is 11.5 Å². The number of para-hydroxylation sites is 2. The maximum atomic E-state index is 6.08. The Morgan fingerprint density at radius 2 is 1.70 bits per heavy atom. The Bertz CT molecular complexity index is 713. The van der Waals surface area contributed by atoms with Gasteiger partial charge in [-0.3, -0.25) is 0 Å². The van der Waals surface area contributed by atoms with Crippen LogP contribution >= 0.6 is 0 Å². The molecule has 2 aliphatic rings. The first-order valence-corrected chi connectivity index (χ1v) is 6.80. The van der Waals surface area contributed by atoms with Gasteiger partial charge in [0, 0.05) is 5.56 Å². The minimum Gasteiger partial charge on any atom is -0.465 e. The third-order valence-electron chi connectivity index (χ3n) is 3.75. The Labute approximate surface area is 118 Å². The minimum absolute atomic E-state index is 0.133. The number of benzene rings is 2. The molecular formula is C18H14O2. The van der Waals surface area contributed by atoms with Gasteiger partial charge in [0.1, 0.15) is 17.3 Å². The summed E-state index contributed by atoms with van der Waals surface area (Å²) >= 11 is 0. The second-order valence-corrected chi connectivity index (χ2v) is 4.98. The van der Waals surface area contributed by atoms with Gasteiger partial charge >= 0.3 is 0 Å². The Hall–Kier alpha value is -2.48. The molecule has 4 rings (SSSR count). The Kier molecular flexibility index (Phi) is 2.59. The van der Waals surface area contributed by atoms with E-state index in [1.807, 2.05) is 42.5 Å². The molecule has 2 aromatic rings. The van der Waals surface area contributed by atoms with Crippen LogP contribution in [-0.4, -0.2) is 0 Å². The van der Waals surface area contributed by atoms with E-state index in [1.165, 1.54) is 5.56 Å². The van der Waals surface area contributed by atoms with E-state index in [4.69, 9.17) is 9.47 Å². The van der Waals surface area contributed by atoms with Crippen molar-refractivity contribution in [2.75, 3.05) is 0 Å². The van der Waals surface area contributed by atoms with Gasteiger partial charge in [0.15, 0.2) is 0 Å². The normalized spacial score (nSPS) is 19.2. The molecule has 98 valence electrons. The van der Waals surface area contributed by atoms with E-state index in [-0.39, 0.29) is 5.92 Å². The van der Waals surface area contributed by atoms with Gasteiger partial charge in [-0.05, 0) is 36.3 Å². The van der Waals surface area contributed by atoms with Crippen molar-refractivity contribution in [1.82, 2.24) is 0 Å². The number of hydrogen-bond donors (Lipinski definition) is 0. The van der Waals surface area contributed by atoms with Gasteiger partial charge in [-0.2, -0.15) is 0 Å². The minimum atomic E-state index is 0.133. The number of hydrogen-bond acceptors (Lipinski definition) is 2. The summed E-state index contributed by atoms with van der Waals surface area (Å²) in [4.78, 5) is 0. The van der Waals surface area contributed by atoms with Crippen LogP contribution < -0.4 is 9.47 Å². The third-order valence-corrected chi connectivity index (χ3v) is 3.75. The molecule has 0 fully saturated rings. The Balaban J connectivity index is 1.71. The van der Waals surface area contributed by atoms with Crippen LogP contribution in [0.5, 0.6) is 11.5 Å². The molecule has 0 spiro atoms. The maximum Gasteiger partial charge on any atom is 0.130 e. The summed E-state index contributed by atoms with van der Waals surface area (Å²) in [6.45, 7) is 0. The SMILES string of the molecule is C1=CC(C2=CCc3ccccc3O2)c2ccccc2O1. The van der Waals surface area contributed by atoms with E-state index < -0.39 is 0 Å². The van der Waals surface area contributed by atoms with Gasteiger partial charge in [0.2, 0.25) is 0 Å². The number of ether oxygens (including phenoxy) is 2. The van der Waals surface area contributed by atoms with Crippen molar-refractivity contribution in [2.24, 2.45) is 0 Å². The molecule has 0 saturated heterocycles. The van der Waals surface area contributed by atoms with Crippen molar-refractivity contribution in [3.05, 3.63) is 83.8 Å². The molecule has 2 heterocycles. The molecule has 0 radical (unpaired) electrons. The number of fused-ring (bicyclic) bond motifs is 2. The van der Waals surface area contributed by atoms with Gasteiger partial charge in [0.05, 0.1) is 12.2 Å². The predicted octanol–water partition coefficient (Wildman–Crippen LogP) is 4.20. The molecule has 0 N–H and O–H groups in total. The van der Waals surface area contributed by atoms with Gasteiger partial charge in [-0.25, -0.2) is 0 Å². The molecule has 0 amide bonds. The highest BCUT2D eigenvalue weighted by Gasteiger charge is 2.25. The second-order valence-electron chi connectivity index (χ2n) is 4.98. The summed E-state index contributed by atoms with van der Waals surface area (Å²) in [5, 5.41) is 0. The molecule has 2 aromatic carbocycles. The Morgan fingerprint density at radius 1 is 0.900 bits per heavy atom. The van der Waals surface area contributed by atoms with E-state index in [2.05, 4.69) is 18.2 Å². The highest BCUT2D eigenvalue weighted by molar-refractivity contribution is 5.48. The van der Waals surface area contributed by atoms with Crippen molar-refractivity contribution >= 4 is 0 Å². The largest absolute Gasteiger partial charge is 0.465 e. The summed E-state index contributed by atoms with van der Waals surface area (Å²) in [5.41, 5.74) is 2.39. The predicted molar refractivity (Wildman–Crippen MR) is 77.8 cm³/mol.